The predicted octanol–water partition coefficient (Wildman–Crippen LogP) is 3.28. The molecule has 2 rings (SSSR count). The summed E-state index contributed by atoms with van der Waals surface area (Å²) in [5, 5.41) is 6.57. The number of piperidine rings is 1. The fraction of sp³-hybridized carbons (Fsp3) is 0.588. The van der Waals surface area contributed by atoms with Gasteiger partial charge in [0.2, 0.25) is 5.91 Å². The van der Waals surface area contributed by atoms with Crippen LogP contribution in [-0.4, -0.2) is 18.0 Å². The highest BCUT2D eigenvalue weighted by Crippen LogP contribution is 2.26. The number of carbonyl (C=O) groups excluding carboxylic acids is 1. The van der Waals surface area contributed by atoms with Crippen LogP contribution >= 0.6 is 0 Å². The number of amides is 1. The lowest BCUT2D eigenvalue weighted by molar-refractivity contribution is -0.122. The summed E-state index contributed by atoms with van der Waals surface area (Å²) in [6.07, 6.45) is 5.07. The molecule has 20 heavy (non-hydrogen) atoms. The molecule has 0 bridgehead atoms. The van der Waals surface area contributed by atoms with Gasteiger partial charge in [-0.15, -0.1) is 0 Å². The summed E-state index contributed by atoms with van der Waals surface area (Å²) in [5.74, 6) is 0.104. The topological polar surface area (TPSA) is 41.1 Å². The van der Waals surface area contributed by atoms with Gasteiger partial charge in [0, 0.05) is 5.69 Å². The molecule has 1 heterocycles. The summed E-state index contributed by atoms with van der Waals surface area (Å²) in [6, 6.07) is 6.28. The SMILES string of the molecule is CCc1cccc(CC)c1NC(=O)C1(C)CCCCN1. The highest BCUT2D eigenvalue weighted by atomic mass is 16.2. The zero-order chi connectivity index (χ0) is 14.6. The zero-order valence-electron chi connectivity index (χ0n) is 12.9. The minimum Gasteiger partial charge on any atom is -0.324 e. The summed E-state index contributed by atoms with van der Waals surface area (Å²) in [6.45, 7) is 7.21. The molecule has 1 amide bonds. The number of nitrogens with one attached hydrogen (secondary N) is 2. The van der Waals surface area contributed by atoms with Gasteiger partial charge in [0.1, 0.15) is 0 Å². The Labute approximate surface area is 122 Å². The van der Waals surface area contributed by atoms with Gasteiger partial charge in [-0.2, -0.15) is 0 Å². The van der Waals surface area contributed by atoms with Crippen molar-refractivity contribution in [1.82, 2.24) is 5.32 Å². The van der Waals surface area contributed by atoms with Gasteiger partial charge in [-0.3, -0.25) is 4.79 Å². The highest BCUT2D eigenvalue weighted by molar-refractivity contribution is 5.99. The molecule has 1 fully saturated rings. The van der Waals surface area contributed by atoms with Gasteiger partial charge in [0.15, 0.2) is 0 Å². The van der Waals surface area contributed by atoms with E-state index in [-0.39, 0.29) is 5.91 Å². The second-order valence-corrected chi connectivity index (χ2v) is 5.83. The molecular weight excluding hydrogens is 248 g/mol. The predicted molar refractivity (Wildman–Crippen MR) is 84.1 cm³/mol. The van der Waals surface area contributed by atoms with E-state index in [1.54, 1.807) is 0 Å². The Morgan fingerprint density at radius 3 is 2.40 bits per heavy atom. The maximum Gasteiger partial charge on any atom is 0.244 e. The van der Waals surface area contributed by atoms with Crippen LogP contribution in [0, 0.1) is 0 Å². The molecule has 1 aromatic carbocycles. The maximum atomic E-state index is 12.7. The van der Waals surface area contributed by atoms with Gasteiger partial charge >= 0.3 is 0 Å². The molecule has 3 heteroatoms. The first kappa shape index (κ1) is 15.0. The smallest absolute Gasteiger partial charge is 0.244 e. The molecule has 0 radical (unpaired) electrons. The number of anilines is 1. The monoisotopic (exact) mass is 274 g/mol. The summed E-state index contributed by atoms with van der Waals surface area (Å²) >= 11 is 0. The minimum absolute atomic E-state index is 0.104. The summed E-state index contributed by atoms with van der Waals surface area (Å²) in [5.41, 5.74) is 3.04. The summed E-state index contributed by atoms with van der Waals surface area (Å²) in [7, 11) is 0. The number of carbonyl (C=O) groups is 1. The van der Waals surface area contributed by atoms with E-state index in [0.29, 0.717) is 0 Å². The van der Waals surface area contributed by atoms with Gasteiger partial charge in [-0.05, 0) is 56.7 Å². The van der Waals surface area contributed by atoms with E-state index in [1.807, 2.05) is 6.92 Å². The van der Waals surface area contributed by atoms with E-state index in [4.69, 9.17) is 0 Å². The Balaban J connectivity index is 2.22. The number of hydrogen-bond acceptors (Lipinski definition) is 2. The molecule has 110 valence electrons. The van der Waals surface area contributed by atoms with E-state index < -0.39 is 5.54 Å². The van der Waals surface area contributed by atoms with Crippen LogP contribution in [-0.2, 0) is 17.6 Å². The molecule has 1 aliphatic heterocycles. The van der Waals surface area contributed by atoms with Gasteiger partial charge in [-0.25, -0.2) is 0 Å². The lowest BCUT2D eigenvalue weighted by Crippen LogP contribution is -2.54. The van der Waals surface area contributed by atoms with Crippen molar-refractivity contribution in [2.24, 2.45) is 0 Å². The fourth-order valence-electron chi connectivity index (χ4n) is 2.90. The lowest BCUT2D eigenvalue weighted by Gasteiger charge is -2.34. The van der Waals surface area contributed by atoms with Gasteiger partial charge in [-0.1, -0.05) is 32.0 Å². The van der Waals surface area contributed by atoms with E-state index in [9.17, 15) is 4.79 Å². The van der Waals surface area contributed by atoms with Gasteiger partial charge in [0.25, 0.3) is 0 Å². The minimum atomic E-state index is -0.426. The third kappa shape index (κ3) is 3.04. The molecule has 1 aromatic rings. The quantitative estimate of drug-likeness (QED) is 0.884. The van der Waals surface area contributed by atoms with Crippen LogP contribution in [0.25, 0.3) is 0 Å². The first-order valence-electron chi connectivity index (χ1n) is 7.78. The Hall–Kier alpha value is -1.35. The van der Waals surface area contributed by atoms with Crippen molar-refractivity contribution in [2.75, 3.05) is 11.9 Å². The third-order valence-corrected chi connectivity index (χ3v) is 4.36. The van der Waals surface area contributed by atoms with Crippen molar-refractivity contribution in [1.29, 1.82) is 0 Å². The summed E-state index contributed by atoms with van der Waals surface area (Å²) < 4.78 is 0. The molecular formula is C17H26N2O. The van der Waals surface area contributed by atoms with E-state index in [0.717, 1.165) is 44.3 Å². The average molecular weight is 274 g/mol. The molecule has 0 aromatic heterocycles. The van der Waals surface area contributed by atoms with E-state index in [1.165, 1.54) is 11.1 Å². The van der Waals surface area contributed by atoms with Crippen molar-refractivity contribution < 1.29 is 4.79 Å². The molecule has 3 nitrogen and oxygen atoms in total. The fourth-order valence-corrected chi connectivity index (χ4v) is 2.90. The van der Waals surface area contributed by atoms with Crippen LogP contribution in [0.5, 0.6) is 0 Å². The standard InChI is InChI=1S/C17H26N2O/c1-4-13-9-8-10-14(5-2)15(13)19-16(20)17(3)11-6-7-12-18-17/h8-10,18H,4-7,11-12H2,1-3H3,(H,19,20). The van der Waals surface area contributed by atoms with Crippen molar-refractivity contribution in [3.05, 3.63) is 29.3 Å². The van der Waals surface area contributed by atoms with E-state index >= 15 is 0 Å². The average Bonchev–Trinajstić information content (AvgIpc) is 2.48. The molecule has 1 unspecified atom stereocenters. The Morgan fingerprint density at radius 1 is 1.25 bits per heavy atom. The van der Waals surface area contributed by atoms with Crippen LogP contribution in [0.1, 0.15) is 51.2 Å². The maximum absolute atomic E-state index is 12.7. The van der Waals surface area contributed by atoms with Crippen LogP contribution in [0.15, 0.2) is 18.2 Å². The first-order chi connectivity index (χ1) is 9.60. The Morgan fingerprint density at radius 2 is 1.90 bits per heavy atom. The molecule has 0 aliphatic carbocycles. The number of benzene rings is 1. The van der Waals surface area contributed by atoms with Crippen molar-refractivity contribution in [2.45, 2.75) is 58.4 Å². The largest absolute Gasteiger partial charge is 0.324 e. The van der Waals surface area contributed by atoms with Crippen LogP contribution in [0.2, 0.25) is 0 Å². The van der Waals surface area contributed by atoms with E-state index in [2.05, 4.69) is 42.7 Å². The number of hydrogen-bond donors (Lipinski definition) is 2. The zero-order valence-corrected chi connectivity index (χ0v) is 12.9. The van der Waals surface area contributed by atoms with Crippen LogP contribution in [0.3, 0.4) is 0 Å². The van der Waals surface area contributed by atoms with Crippen molar-refractivity contribution in [3.8, 4) is 0 Å². The normalized spacial score (nSPS) is 22.6. The molecule has 0 spiro atoms. The molecule has 1 saturated heterocycles. The third-order valence-electron chi connectivity index (χ3n) is 4.36. The van der Waals surface area contributed by atoms with Crippen LogP contribution < -0.4 is 10.6 Å². The molecule has 1 aliphatic rings. The Kier molecular flexibility index (Phi) is 4.81. The molecule has 1 atom stereocenters. The van der Waals surface area contributed by atoms with Crippen molar-refractivity contribution >= 4 is 11.6 Å². The second kappa shape index (κ2) is 6.40. The second-order valence-electron chi connectivity index (χ2n) is 5.83. The Bertz CT molecular complexity index is 454. The number of rotatable bonds is 4. The van der Waals surface area contributed by atoms with Gasteiger partial charge < -0.3 is 10.6 Å². The highest BCUT2D eigenvalue weighted by Gasteiger charge is 2.34. The lowest BCUT2D eigenvalue weighted by atomic mass is 9.89. The molecule has 2 N–H and O–H groups in total. The number of para-hydroxylation sites is 1. The van der Waals surface area contributed by atoms with Gasteiger partial charge in [0.05, 0.1) is 5.54 Å². The molecule has 0 saturated carbocycles. The summed E-state index contributed by atoms with van der Waals surface area (Å²) in [4.78, 5) is 12.7. The van der Waals surface area contributed by atoms with Crippen molar-refractivity contribution in [3.63, 3.8) is 0 Å². The van der Waals surface area contributed by atoms with Crippen LogP contribution in [0.4, 0.5) is 5.69 Å². The first-order valence-corrected chi connectivity index (χ1v) is 7.78. The number of aryl methyl sites for hydroxylation is 2.